The van der Waals surface area contributed by atoms with Crippen molar-refractivity contribution in [3.05, 3.63) is 52.5 Å². The summed E-state index contributed by atoms with van der Waals surface area (Å²) in [6, 6.07) is 13.0. The van der Waals surface area contributed by atoms with E-state index in [-0.39, 0.29) is 23.6 Å². The number of methoxy groups -OCH3 is 2. The smallest absolute Gasteiger partial charge is 0.244 e. The molecule has 2 heterocycles. The van der Waals surface area contributed by atoms with E-state index in [4.69, 9.17) is 9.47 Å². The Balaban J connectivity index is 1.52. The predicted molar refractivity (Wildman–Crippen MR) is 125 cm³/mol. The van der Waals surface area contributed by atoms with Crippen molar-refractivity contribution in [3.8, 4) is 11.5 Å². The van der Waals surface area contributed by atoms with Gasteiger partial charge in [0.25, 0.3) is 0 Å². The Bertz CT molecular complexity index is 1140. The maximum atomic E-state index is 12.7. The molecule has 1 aliphatic heterocycles. The van der Waals surface area contributed by atoms with Gasteiger partial charge in [0.1, 0.15) is 11.6 Å². The Kier molecular flexibility index (Phi) is 6.15. The normalized spacial score (nSPS) is 17.4. The number of anilines is 1. The van der Waals surface area contributed by atoms with E-state index in [0.717, 1.165) is 20.3 Å². The number of rotatable bonds is 6. The lowest BCUT2D eigenvalue weighted by atomic mass is 10.2. The van der Waals surface area contributed by atoms with Crippen LogP contribution in [0.4, 0.5) is 5.69 Å². The molecule has 2 aromatic carbocycles. The average molecular weight is 456 g/mol. The van der Waals surface area contributed by atoms with Crippen LogP contribution in [0, 0.1) is 0 Å². The summed E-state index contributed by atoms with van der Waals surface area (Å²) in [6.07, 6.45) is 1.88. The minimum Gasteiger partial charge on any atom is -0.493 e. The van der Waals surface area contributed by atoms with Gasteiger partial charge in [-0.15, -0.1) is 11.3 Å². The number of carbonyl (C=O) groups is 2. The first-order valence-corrected chi connectivity index (χ1v) is 11.3. The molecule has 2 amide bonds. The fraction of sp³-hybridized carbons (Fsp3) is 0.227. The van der Waals surface area contributed by atoms with Gasteiger partial charge < -0.3 is 14.8 Å². The average Bonchev–Trinajstić information content (AvgIpc) is 3.29. The maximum Gasteiger partial charge on any atom is 0.244 e. The van der Waals surface area contributed by atoms with Crippen LogP contribution < -0.4 is 14.8 Å². The largest absolute Gasteiger partial charge is 0.493 e. The molecule has 0 bridgehead atoms. The van der Waals surface area contributed by atoms with Crippen LogP contribution >= 0.6 is 23.1 Å². The minimum absolute atomic E-state index is 0.0821. The van der Waals surface area contributed by atoms with Crippen molar-refractivity contribution in [2.24, 2.45) is 0 Å². The van der Waals surface area contributed by atoms with Crippen LogP contribution in [0.15, 0.2) is 47.5 Å². The molecule has 1 unspecified atom stereocenters. The molecule has 1 saturated heterocycles. The molecule has 0 aliphatic carbocycles. The highest BCUT2D eigenvalue weighted by molar-refractivity contribution is 8.04. The monoisotopic (exact) mass is 455 g/mol. The summed E-state index contributed by atoms with van der Waals surface area (Å²) in [7, 11) is 3.08. The number of benzene rings is 2. The van der Waals surface area contributed by atoms with Crippen molar-refractivity contribution >= 4 is 56.9 Å². The Morgan fingerprint density at radius 3 is 2.71 bits per heavy atom. The Hall–Kier alpha value is -3.04. The lowest BCUT2D eigenvalue weighted by molar-refractivity contribution is -0.130. The molecule has 1 aliphatic rings. The lowest BCUT2D eigenvalue weighted by Crippen LogP contribution is -2.35. The highest BCUT2D eigenvalue weighted by Crippen LogP contribution is 2.37. The van der Waals surface area contributed by atoms with Crippen LogP contribution in [-0.4, -0.2) is 47.7 Å². The number of amides is 2. The molecule has 1 fully saturated rings. The van der Waals surface area contributed by atoms with Gasteiger partial charge in [0.15, 0.2) is 11.5 Å². The summed E-state index contributed by atoms with van der Waals surface area (Å²) in [5.74, 6) is 0.685. The third kappa shape index (κ3) is 4.52. The fourth-order valence-corrected chi connectivity index (χ4v) is 5.24. The number of fused-ring (bicyclic) bond motifs is 1. The van der Waals surface area contributed by atoms with Crippen LogP contribution in [0.5, 0.6) is 11.5 Å². The van der Waals surface area contributed by atoms with Crippen molar-refractivity contribution in [1.29, 1.82) is 0 Å². The summed E-state index contributed by atoms with van der Waals surface area (Å²) < 4.78 is 11.6. The van der Waals surface area contributed by atoms with Gasteiger partial charge >= 0.3 is 0 Å². The van der Waals surface area contributed by atoms with Gasteiger partial charge in [0, 0.05) is 17.8 Å². The van der Waals surface area contributed by atoms with Gasteiger partial charge in [-0.05, 0) is 31.2 Å². The molecule has 1 aromatic heterocycles. The lowest BCUT2D eigenvalue weighted by Gasteiger charge is -2.17. The van der Waals surface area contributed by atoms with E-state index < -0.39 is 0 Å². The summed E-state index contributed by atoms with van der Waals surface area (Å²) >= 11 is 2.99. The SMILES string of the molecule is COc1ccc(NC(=O)CN2C(=O)C(C)SC2=Cc2nc3ccccc3s2)cc1OC. The van der Waals surface area contributed by atoms with E-state index in [2.05, 4.69) is 10.3 Å². The molecule has 0 spiro atoms. The Morgan fingerprint density at radius 2 is 1.97 bits per heavy atom. The van der Waals surface area contributed by atoms with Crippen molar-refractivity contribution < 1.29 is 19.1 Å². The number of thiazole rings is 1. The number of aromatic nitrogens is 1. The van der Waals surface area contributed by atoms with Crippen LogP contribution in [0.1, 0.15) is 11.9 Å². The number of para-hydroxylation sites is 1. The van der Waals surface area contributed by atoms with E-state index >= 15 is 0 Å². The van der Waals surface area contributed by atoms with E-state index in [1.807, 2.05) is 37.3 Å². The fourth-order valence-electron chi connectivity index (χ4n) is 3.21. The van der Waals surface area contributed by atoms with Crippen molar-refractivity contribution in [3.63, 3.8) is 0 Å². The van der Waals surface area contributed by atoms with Crippen LogP contribution in [0.3, 0.4) is 0 Å². The molecular formula is C22H21N3O4S2. The molecule has 31 heavy (non-hydrogen) atoms. The zero-order valence-corrected chi connectivity index (χ0v) is 18.9. The third-order valence-corrected chi connectivity index (χ3v) is 6.82. The van der Waals surface area contributed by atoms with Gasteiger partial charge in [-0.25, -0.2) is 4.98 Å². The zero-order chi connectivity index (χ0) is 22.0. The topological polar surface area (TPSA) is 80.8 Å². The second-order valence-electron chi connectivity index (χ2n) is 6.80. The first kappa shape index (κ1) is 21.2. The molecule has 9 heteroatoms. The van der Waals surface area contributed by atoms with Gasteiger partial charge in [-0.3, -0.25) is 14.5 Å². The van der Waals surface area contributed by atoms with E-state index in [1.54, 1.807) is 36.6 Å². The Morgan fingerprint density at radius 1 is 1.19 bits per heavy atom. The van der Waals surface area contributed by atoms with E-state index in [0.29, 0.717) is 17.2 Å². The zero-order valence-electron chi connectivity index (χ0n) is 17.2. The number of nitrogens with zero attached hydrogens (tertiary/aromatic N) is 2. The minimum atomic E-state index is -0.300. The molecule has 1 N–H and O–H groups in total. The van der Waals surface area contributed by atoms with Gasteiger partial charge in [-0.1, -0.05) is 23.9 Å². The van der Waals surface area contributed by atoms with E-state index in [9.17, 15) is 9.59 Å². The number of thioether (sulfide) groups is 1. The van der Waals surface area contributed by atoms with Crippen LogP contribution in [-0.2, 0) is 9.59 Å². The predicted octanol–water partition coefficient (Wildman–Crippen LogP) is 4.21. The number of hydrogen-bond acceptors (Lipinski definition) is 7. The van der Waals surface area contributed by atoms with Crippen molar-refractivity contribution in [2.75, 3.05) is 26.1 Å². The van der Waals surface area contributed by atoms with Crippen molar-refractivity contribution in [2.45, 2.75) is 12.2 Å². The first-order valence-electron chi connectivity index (χ1n) is 9.55. The van der Waals surface area contributed by atoms with Crippen LogP contribution in [0.25, 0.3) is 16.3 Å². The number of hydrogen-bond donors (Lipinski definition) is 1. The number of nitrogens with one attached hydrogen (secondary N) is 1. The molecule has 4 rings (SSSR count). The van der Waals surface area contributed by atoms with E-state index in [1.165, 1.54) is 23.8 Å². The van der Waals surface area contributed by atoms with Gasteiger partial charge in [-0.2, -0.15) is 0 Å². The molecule has 3 aromatic rings. The summed E-state index contributed by atoms with van der Waals surface area (Å²) in [5.41, 5.74) is 1.48. The standard InChI is InChI=1S/C22H21N3O4S2/c1-13-22(27)25(12-19(26)23-14-8-9-16(28-2)17(10-14)29-3)21(30-13)11-20-24-15-6-4-5-7-18(15)31-20/h4-11,13H,12H2,1-3H3,(H,23,26). The number of ether oxygens (including phenoxy) is 2. The van der Waals surface area contributed by atoms with Crippen LogP contribution in [0.2, 0.25) is 0 Å². The third-order valence-electron chi connectivity index (χ3n) is 4.70. The van der Waals surface area contributed by atoms with Gasteiger partial charge in [0.2, 0.25) is 11.8 Å². The molecule has 7 nitrogen and oxygen atoms in total. The molecule has 160 valence electrons. The highest BCUT2D eigenvalue weighted by Gasteiger charge is 2.35. The second-order valence-corrected chi connectivity index (χ2v) is 9.23. The molecule has 0 saturated carbocycles. The molecule has 0 radical (unpaired) electrons. The quantitative estimate of drug-likeness (QED) is 0.600. The molecular weight excluding hydrogens is 434 g/mol. The highest BCUT2D eigenvalue weighted by atomic mass is 32.2. The second kappa shape index (κ2) is 8.99. The Labute approximate surface area is 188 Å². The summed E-state index contributed by atoms with van der Waals surface area (Å²) in [4.78, 5) is 31.5. The number of carbonyl (C=O) groups excluding carboxylic acids is 2. The summed E-state index contributed by atoms with van der Waals surface area (Å²) in [6.45, 7) is 1.76. The summed E-state index contributed by atoms with van der Waals surface area (Å²) in [5, 5.41) is 4.09. The van der Waals surface area contributed by atoms with Gasteiger partial charge in [0.05, 0.1) is 34.7 Å². The first-order chi connectivity index (χ1) is 15.0. The van der Waals surface area contributed by atoms with Crippen molar-refractivity contribution in [1.82, 2.24) is 9.88 Å². The molecule has 1 atom stereocenters. The maximum absolute atomic E-state index is 12.7.